The number of hydrogen-bond donors (Lipinski definition) is 0. The molecule has 0 aliphatic rings. The summed E-state index contributed by atoms with van der Waals surface area (Å²) >= 11 is 0. The molecule has 0 aliphatic carbocycles. The van der Waals surface area contributed by atoms with Gasteiger partial charge >= 0.3 is 0 Å². The van der Waals surface area contributed by atoms with Crippen molar-refractivity contribution in [1.82, 2.24) is 0 Å². The fourth-order valence-corrected chi connectivity index (χ4v) is 4.14. The highest BCUT2D eigenvalue weighted by Gasteiger charge is 2.21. The maximum atomic E-state index is 7.33. The van der Waals surface area contributed by atoms with Gasteiger partial charge in [0, 0.05) is 6.07 Å². The van der Waals surface area contributed by atoms with Gasteiger partial charge in [-0.15, -0.1) is 0 Å². The van der Waals surface area contributed by atoms with E-state index in [1.165, 1.54) is 38.9 Å². The summed E-state index contributed by atoms with van der Waals surface area (Å²) in [6, 6.07) is 23.3. The molecule has 0 N–H and O–H groups in total. The first-order chi connectivity index (χ1) is 14.0. The zero-order valence-electron chi connectivity index (χ0n) is 17.4. The molecule has 1 heterocycles. The number of benzene rings is 3. The summed E-state index contributed by atoms with van der Waals surface area (Å²) in [7, 11) is 2.10. The Kier molecular flexibility index (Phi) is 4.91. The van der Waals surface area contributed by atoms with Crippen molar-refractivity contribution in [3.8, 4) is 22.4 Å². The lowest BCUT2D eigenvalue weighted by molar-refractivity contribution is -0.659. The minimum Gasteiger partial charge on any atom is -0.238 e. The molecule has 2 heteroatoms. The number of rotatable bonds is 3. The van der Waals surface area contributed by atoms with Gasteiger partial charge in [0.25, 0.3) is 0 Å². The molecule has 0 bridgehead atoms. The van der Waals surface area contributed by atoms with Gasteiger partial charge in [0.05, 0.1) is 17.5 Å². The molecule has 0 amide bonds. The third-order valence-electron chi connectivity index (χ3n) is 5.68. The van der Waals surface area contributed by atoms with Gasteiger partial charge in [0.1, 0.15) is 7.05 Å². The number of aromatic nitrogens is 1. The monoisotopic (exact) mass is 377 g/mol. The molecule has 0 fully saturated rings. The maximum absolute atomic E-state index is 7.33. The molecule has 2 nitrogen and oxygen atoms in total. The average Bonchev–Trinajstić information content (AvgIpc) is 2.74. The summed E-state index contributed by atoms with van der Waals surface area (Å²) in [5.74, 6) is 0.436. The van der Waals surface area contributed by atoms with Crippen molar-refractivity contribution in [1.29, 1.82) is 0 Å². The lowest BCUT2D eigenvalue weighted by Crippen LogP contribution is -2.30. The molecule has 0 radical (unpaired) electrons. The SMILES string of the molecule is [C-]#[N+]c1ccc2c(-c3cc(-c4ccccc4)cc(C(C)C)c3C)[n+](C)ccc2c1. The predicted octanol–water partition coefficient (Wildman–Crippen LogP) is 6.98. The molecule has 142 valence electrons. The van der Waals surface area contributed by atoms with Crippen LogP contribution in [0.3, 0.4) is 0 Å². The first-order valence-electron chi connectivity index (χ1n) is 10.00. The van der Waals surface area contributed by atoms with E-state index < -0.39 is 0 Å². The lowest BCUT2D eigenvalue weighted by Gasteiger charge is -2.17. The molecule has 0 aliphatic heterocycles. The standard InChI is InChI=1S/C27H25N2/c1-18(2)25-16-22(20-9-7-6-8-10-20)17-26(19(25)3)27-24-12-11-23(28-4)15-21(24)13-14-29(27)5/h6-18H,1-3,5H3/q+1. The molecular weight excluding hydrogens is 352 g/mol. The van der Waals surface area contributed by atoms with Crippen LogP contribution in [0.5, 0.6) is 0 Å². The van der Waals surface area contributed by atoms with E-state index in [1.54, 1.807) is 0 Å². The Morgan fingerprint density at radius 1 is 0.897 bits per heavy atom. The summed E-state index contributed by atoms with van der Waals surface area (Å²) < 4.78 is 2.20. The van der Waals surface area contributed by atoms with Crippen molar-refractivity contribution in [2.75, 3.05) is 0 Å². The fraction of sp³-hybridized carbons (Fsp3) is 0.185. The van der Waals surface area contributed by atoms with Gasteiger partial charge in [-0.25, -0.2) is 9.41 Å². The largest absolute Gasteiger partial charge is 0.238 e. The van der Waals surface area contributed by atoms with Gasteiger partial charge in [-0.1, -0.05) is 62.4 Å². The van der Waals surface area contributed by atoms with E-state index in [0.717, 1.165) is 5.39 Å². The molecular formula is C27H25N2+. The van der Waals surface area contributed by atoms with Crippen LogP contribution in [0.2, 0.25) is 0 Å². The van der Waals surface area contributed by atoms with E-state index >= 15 is 0 Å². The first kappa shape index (κ1) is 18.9. The van der Waals surface area contributed by atoms with E-state index in [4.69, 9.17) is 6.57 Å². The van der Waals surface area contributed by atoms with Crippen molar-refractivity contribution < 1.29 is 4.57 Å². The van der Waals surface area contributed by atoms with Crippen LogP contribution in [0.1, 0.15) is 30.9 Å². The Labute approximate surface area is 172 Å². The van der Waals surface area contributed by atoms with Gasteiger partial charge in [-0.2, -0.15) is 0 Å². The summed E-state index contributed by atoms with van der Waals surface area (Å²) in [6.45, 7) is 14.1. The topological polar surface area (TPSA) is 8.24 Å². The minimum absolute atomic E-state index is 0.436. The number of aryl methyl sites for hydroxylation is 1. The molecule has 4 aromatic rings. The second kappa shape index (κ2) is 7.53. The van der Waals surface area contributed by atoms with Gasteiger partial charge in [0.2, 0.25) is 5.69 Å². The van der Waals surface area contributed by atoms with Crippen molar-refractivity contribution in [2.24, 2.45) is 7.05 Å². The summed E-state index contributed by atoms with van der Waals surface area (Å²) in [6.07, 6.45) is 2.09. The normalized spacial score (nSPS) is 11.0. The fourth-order valence-electron chi connectivity index (χ4n) is 4.14. The van der Waals surface area contributed by atoms with E-state index in [1.807, 2.05) is 12.1 Å². The second-order valence-electron chi connectivity index (χ2n) is 7.92. The lowest BCUT2D eigenvalue weighted by atomic mass is 9.87. The second-order valence-corrected chi connectivity index (χ2v) is 7.92. The molecule has 0 atom stereocenters. The molecule has 0 spiro atoms. The summed E-state index contributed by atoms with van der Waals surface area (Å²) in [5.41, 5.74) is 8.27. The van der Waals surface area contributed by atoms with Crippen LogP contribution in [0.15, 0.2) is 72.9 Å². The zero-order chi connectivity index (χ0) is 20.5. The van der Waals surface area contributed by atoms with Gasteiger partial charge in [-0.3, -0.25) is 0 Å². The van der Waals surface area contributed by atoms with E-state index in [2.05, 4.69) is 98.0 Å². The molecule has 0 saturated heterocycles. The Morgan fingerprint density at radius 2 is 1.66 bits per heavy atom. The molecule has 29 heavy (non-hydrogen) atoms. The molecule has 0 unspecified atom stereocenters. The van der Waals surface area contributed by atoms with Crippen LogP contribution in [-0.2, 0) is 7.05 Å². The van der Waals surface area contributed by atoms with Gasteiger partial charge in [-0.05, 0) is 52.6 Å². The highest BCUT2D eigenvalue weighted by Crippen LogP contribution is 2.36. The number of hydrogen-bond acceptors (Lipinski definition) is 0. The van der Waals surface area contributed by atoms with E-state index in [9.17, 15) is 0 Å². The Morgan fingerprint density at radius 3 is 2.34 bits per heavy atom. The predicted molar refractivity (Wildman–Crippen MR) is 121 cm³/mol. The van der Waals surface area contributed by atoms with Crippen LogP contribution in [-0.4, -0.2) is 0 Å². The Hall–Kier alpha value is -3.44. The van der Waals surface area contributed by atoms with Crippen LogP contribution < -0.4 is 4.57 Å². The Balaban J connectivity index is 2.06. The average molecular weight is 378 g/mol. The van der Waals surface area contributed by atoms with E-state index in [-0.39, 0.29) is 0 Å². The number of pyridine rings is 1. The minimum atomic E-state index is 0.436. The first-order valence-corrected chi connectivity index (χ1v) is 10.00. The molecule has 0 saturated carbocycles. The quantitative estimate of drug-likeness (QED) is 0.269. The van der Waals surface area contributed by atoms with Crippen LogP contribution in [0, 0.1) is 13.5 Å². The summed E-state index contributed by atoms with van der Waals surface area (Å²) in [4.78, 5) is 3.60. The third kappa shape index (κ3) is 3.41. The summed E-state index contributed by atoms with van der Waals surface area (Å²) in [5, 5.41) is 2.27. The Bertz CT molecular complexity index is 1250. The zero-order valence-corrected chi connectivity index (χ0v) is 17.4. The van der Waals surface area contributed by atoms with Gasteiger partial charge < -0.3 is 0 Å². The van der Waals surface area contributed by atoms with Gasteiger partial charge in [0.15, 0.2) is 11.9 Å². The van der Waals surface area contributed by atoms with Crippen molar-refractivity contribution in [2.45, 2.75) is 26.7 Å². The van der Waals surface area contributed by atoms with Crippen molar-refractivity contribution in [3.63, 3.8) is 0 Å². The molecule has 1 aromatic heterocycles. The molecule has 3 aromatic carbocycles. The third-order valence-corrected chi connectivity index (χ3v) is 5.68. The van der Waals surface area contributed by atoms with Crippen molar-refractivity contribution in [3.05, 3.63) is 95.5 Å². The highest BCUT2D eigenvalue weighted by atomic mass is 14.9. The van der Waals surface area contributed by atoms with Crippen LogP contribution in [0.25, 0.3) is 38.0 Å². The highest BCUT2D eigenvalue weighted by molar-refractivity contribution is 5.96. The van der Waals surface area contributed by atoms with Crippen LogP contribution >= 0.6 is 0 Å². The number of fused-ring (bicyclic) bond motifs is 1. The van der Waals surface area contributed by atoms with Crippen LogP contribution in [0.4, 0.5) is 5.69 Å². The smallest absolute Gasteiger partial charge is 0.220 e. The van der Waals surface area contributed by atoms with E-state index in [0.29, 0.717) is 11.6 Å². The number of nitrogens with zero attached hydrogens (tertiary/aromatic N) is 2. The van der Waals surface area contributed by atoms with Crippen molar-refractivity contribution >= 4 is 16.5 Å². The molecule has 4 rings (SSSR count). The maximum Gasteiger partial charge on any atom is 0.220 e.